The summed E-state index contributed by atoms with van der Waals surface area (Å²) in [5.74, 6) is 1.39. The molecule has 0 amide bonds. The van der Waals surface area contributed by atoms with Crippen LogP contribution < -0.4 is 0 Å². The van der Waals surface area contributed by atoms with Crippen LogP contribution in [0.4, 0.5) is 0 Å². The summed E-state index contributed by atoms with van der Waals surface area (Å²) in [6, 6.07) is 0. The highest BCUT2D eigenvalue weighted by atomic mass is 16.5. The number of carboxylic acid groups (broad SMARTS) is 1. The molecule has 0 bridgehead atoms. The summed E-state index contributed by atoms with van der Waals surface area (Å²) in [5, 5.41) is 12.9. The van der Waals surface area contributed by atoms with Gasteiger partial charge in [-0.25, -0.2) is 0 Å². The summed E-state index contributed by atoms with van der Waals surface area (Å²) in [5.41, 5.74) is 0. The van der Waals surface area contributed by atoms with Crippen molar-refractivity contribution in [3.05, 3.63) is 11.7 Å². The fourth-order valence-corrected chi connectivity index (χ4v) is 2.82. The molecule has 2 saturated carbocycles. The molecule has 5 heteroatoms. The van der Waals surface area contributed by atoms with Crippen molar-refractivity contribution in [2.24, 2.45) is 11.8 Å². The zero-order chi connectivity index (χ0) is 12.7. The van der Waals surface area contributed by atoms with E-state index in [4.69, 9.17) is 9.63 Å². The van der Waals surface area contributed by atoms with Gasteiger partial charge in [-0.1, -0.05) is 24.9 Å². The zero-order valence-corrected chi connectivity index (χ0v) is 10.5. The quantitative estimate of drug-likeness (QED) is 0.892. The monoisotopic (exact) mass is 250 g/mol. The molecule has 2 aliphatic carbocycles. The topological polar surface area (TPSA) is 76.2 Å². The molecule has 1 heterocycles. The van der Waals surface area contributed by atoms with Crippen molar-refractivity contribution in [2.45, 2.75) is 50.9 Å². The molecule has 0 radical (unpaired) electrons. The molecule has 0 saturated heterocycles. The van der Waals surface area contributed by atoms with E-state index in [1.807, 2.05) is 0 Å². The van der Waals surface area contributed by atoms with Crippen molar-refractivity contribution >= 4 is 5.97 Å². The third-order valence-electron chi connectivity index (χ3n) is 4.26. The number of hydrogen-bond donors (Lipinski definition) is 1. The zero-order valence-electron chi connectivity index (χ0n) is 10.5. The summed E-state index contributed by atoms with van der Waals surface area (Å²) < 4.78 is 5.22. The maximum atomic E-state index is 10.8. The third-order valence-corrected chi connectivity index (χ3v) is 4.26. The Morgan fingerprint density at radius 3 is 2.67 bits per heavy atom. The fraction of sp³-hybridized carbons (Fsp3) is 0.769. The molecule has 18 heavy (non-hydrogen) atoms. The van der Waals surface area contributed by atoms with Crippen molar-refractivity contribution in [2.75, 3.05) is 0 Å². The van der Waals surface area contributed by atoms with E-state index in [9.17, 15) is 4.79 Å². The van der Waals surface area contributed by atoms with Gasteiger partial charge in [0.15, 0.2) is 5.82 Å². The molecule has 0 aliphatic heterocycles. The van der Waals surface area contributed by atoms with E-state index in [1.54, 1.807) is 0 Å². The van der Waals surface area contributed by atoms with Crippen LogP contribution in [0.3, 0.4) is 0 Å². The lowest BCUT2D eigenvalue weighted by Gasteiger charge is -2.23. The first-order valence-corrected chi connectivity index (χ1v) is 6.71. The number of nitrogens with zero attached hydrogens (tertiary/aromatic N) is 2. The van der Waals surface area contributed by atoms with Crippen LogP contribution >= 0.6 is 0 Å². The molecule has 5 nitrogen and oxygen atoms in total. The second-order valence-electron chi connectivity index (χ2n) is 5.73. The Bertz CT molecular complexity index is 449. The molecule has 2 fully saturated rings. The molecule has 2 aliphatic rings. The molecule has 98 valence electrons. The van der Waals surface area contributed by atoms with E-state index in [1.165, 1.54) is 12.8 Å². The highest BCUT2D eigenvalue weighted by Gasteiger charge is 2.48. The summed E-state index contributed by atoms with van der Waals surface area (Å²) in [7, 11) is 0. The Labute approximate surface area is 106 Å². The predicted octanol–water partition coefficient (Wildman–Crippen LogP) is 2.55. The largest absolute Gasteiger partial charge is 0.481 e. The van der Waals surface area contributed by atoms with Crippen molar-refractivity contribution in [1.82, 2.24) is 10.1 Å². The van der Waals surface area contributed by atoms with E-state index in [0.29, 0.717) is 18.2 Å². The van der Waals surface area contributed by atoms with Crippen LogP contribution in [0.2, 0.25) is 0 Å². The van der Waals surface area contributed by atoms with Gasteiger partial charge in [0, 0.05) is 5.92 Å². The number of aliphatic carboxylic acids is 1. The molecular weight excluding hydrogens is 232 g/mol. The lowest BCUT2D eigenvalue weighted by Crippen LogP contribution is -2.12. The maximum absolute atomic E-state index is 10.8. The first-order valence-electron chi connectivity index (χ1n) is 6.71. The highest BCUT2D eigenvalue weighted by molar-refractivity contribution is 5.74. The molecule has 0 aromatic carbocycles. The number of rotatable bonds is 3. The van der Waals surface area contributed by atoms with Gasteiger partial charge in [-0.2, -0.15) is 4.98 Å². The van der Waals surface area contributed by atoms with Crippen LogP contribution in [0.5, 0.6) is 0 Å². The average Bonchev–Trinajstić information content (AvgIpc) is 3.02. The average molecular weight is 250 g/mol. The minimum Gasteiger partial charge on any atom is -0.481 e. The van der Waals surface area contributed by atoms with Gasteiger partial charge in [0.1, 0.15) is 0 Å². The molecule has 2 unspecified atom stereocenters. The van der Waals surface area contributed by atoms with Crippen molar-refractivity contribution < 1.29 is 14.4 Å². The smallest absolute Gasteiger partial charge is 0.307 e. The molecule has 1 aromatic heterocycles. The van der Waals surface area contributed by atoms with Crippen molar-refractivity contribution in [1.29, 1.82) is 0 Å². The van der Waals surface area contributed by atoms with E-state index in [-0.39, 0.29) is 11.8 Å². The van der Waals surface area contributed by atoms with Gasteiger partial charge in [0.05, 0.1) is 11.8 Å². The lowest BCUT2D eigenvalue weighted by molar-refractivity contribution is -0.138. The Morgan fingerprint density at radius 1 is 1.33 bits per heavy atom. The van der Waals surface area contributed by atoms with Gasteiger partial charge in [-0.05, 0) is 25.2 Å². The van der Waals surface area contributed by atoms with Crippen LogP contribution in [-0.2, 0) is 4.79 Å². The predicted molar refractivity (Wildman–Crippen MR) is 63.2 cm³/mol. The van der Waals surface area contributed by atoms with Crippen molar-refractivity contribution in [3.8, 4) is 0 Å². The van der Waals surface area contributed by atoms with E-state index in [0.717, 1.165) is 24.6 Å². The van der Waals surface area contributed by atoms with Gasteiger partial charge in [-0.3, -0.25) is 4.79 Å². The standard InChI is InChI=1S/C13H18N2O3/c1-7-2-4-8(5-3-7)11-14-12(18-15-11)9-6-10(9)13(16)17/h7-10H,2-6H2,1H3,(H,16,17). The minimum atomic E-state index is -0.758. The second kappa shape index (κ2) is 4.37. The molecule has 0 spiro atoms. The van der Waals surface area contributed by atoms with Crippen LogP contribution in [0.1, 0.15) is 62.6 Å². The number of aromatic nitrogens is 2. The summed E-state index contributed by atoms with van der Waals surface area (Å²) in [4.78, 5) is 15.2. The summed E-state index contributed by atoms with van der Waals surface area (Å²) in [6.45, 7) is 2.28. The summed E-state index contributed by atoms with van der Waals surface area (Å²) >= 11 is 0. The van der Waals surface area contributed by atoms with Gasteiger partial charge in [0.25, 0.3) is 0 Å². The van der Waals surface area contributed by atoms with E-state index >= 15 is 0 Å². The van der Waals surface area contributed by atoms with Crippen LogP contribution in [0, 0.1) is 11.8 Å². The van der Waals surface area contributed by atoms with Crippen molar-refractivity contribution in [3.63, 3.8) is 0 Å². The Morgan fingerprint density at radius 2 is 2.06 bits per heavy atom. The third kappa shape index (κ3) is 2.13. The highest BCUT2D eigenvalue weighted by Crippen LogP contribution is 2.47. The van der Waals surface area contributed by atoms with Crippen LogP contribution in [-0.4, -0.2) is 21.2 Å². The first kappa shape index (κ1) is 11.7. The Hall–Kier alpha value is -1.39. The van der Waals surface area contributed by atoms with E-state index in [2.05, 4.69) is 17.1 Å². The maximum Gasteiger partial charge on any atom is 0.307 e. The number of hydrogen-bond acceptors (Lipinski definition) is 4. The normalized spacial score (nSPS) is 35.4. The molecule has 1 aromatic rings. The molecule has 3 rings (SSSR count). The first-order chi connectivity index (χ1) is 8.65. The second-order valence-corrected chi connectivity index (χ2v) is 5.73. The van der Waals surface area contributed by atoms with Gasteiger partial charge < -0.3 is 9.63 Å². The fourth-order valence-electron chi connectivity index (χ4n) is 2.82. The minimum absolute atomic E-state index is 0.0498. The van der Waals surface area contributed by atoms with Gasteiger partial charge in [-0.15, -0.1) is 0 Å². The molecule has 1 N–H and O–H groups in total. The Kier molecular flexibility index (Phi) is 2.84. The van der Waals surface area contributed by atoms with Gasteiger partial charge in [0.2, 0.25) is 5.89 Å². The molecular formula is C13H18N2O3. The molecule has 2 atom stereocenters. The van der Waals surface area contributed by atoms with E-state index < -0.39 is 5.97 Å². The van der Waals surface area contributed by atoms with Crippen LogP contribution in [0.25, 0.3) is 0 Å². The lowest BCUT2D eigenvalue weighted by atomic mass is 9.83. The summed E-state index contributed by atoms with van der Waals surface area (Å²) in [6.07, 6.45) is 5.31. The number of carbonyl (C=O) groups is 1. The van der Waals surface area contributed by atoms with Crippen LogP contribution in [0.15, 0.2) is 4.52 Å². The van der Waals surface area contributed by atoms with Gasteiger partial charge >= 0.3 is 5.97 Å². The number of carboxylic acids is 1. The Balaban J connectivity index is 1.65. The SMILES string of the molecule is CC1CCC(c2noc(C3CC3C(=O)O)n2)CC1.